The van der Waals surface area contributed by atoms with Crippen LogP contribution in [0, 0.1) is 11.6 Å². The van der Waals surface area contributed by atoms with Gasteiger partial charge < -0.3 is 15.2 Å². The Morgan fingerprint density at radius 3 is 2.76 bits per heavy atom. The maximum absolute atomic E-state index is 13.7. The van der Waals surface area contributed by atoms with Gasteiger partial charge in [-0.1, -0.05) is 17.7 Å². The van der Waals surface area contributed by atoms with Crippen LogP contribution >= 0.6 is 11.6 Å². The third-order valence-electron chi connectivity index (χ3n) is 5.30. The minimum Gasteiger partial charge on any atom is -0.325 e. The topological polar surface area (TPSA) is 65.2 Å². The summed E-state index contributed by atoms with van der Waals surface area (Å²) in [6.07, 6.45) is 2.16. The minimum absolute atomic E-state index is 0.0842. The summed E-state index contributed by atoms with van der Waals surface area (Å²) in [5.41, 5.74) is 1.61. The predicted molar refractivity (Wildman–Crippen MR) is 108 cm³/mol. The monoisotopic (exact) mass is 417 g/mol. The van der Waals surface area contributed by atoms with Gasteiger partial charge >= 0.3 is 6.03 Å². The van der Waals surface area contributed by atoms with Gasteiger partial charge in [0.05, 0.1) is 16.5 Å². The highest BCUT2D eigenvalue weighted by Gasteiger charge is 2.30. The summed E-state index contributed by atoms with van der Waals surface area (Å²) in [4.78, 5) is 29.6. The van der Waals surface area contributed by atoms with E-state index in [4.69, 9.17) is 11.6 Å². The van der Waals surface area contributed by atoms with Crippen molar-refractivity contribution in [1.29, 1.82) is 0 Å². The smallest absolute Gasteiger partial charge is 0.322 e. The molecule has 4 rings (SSSR count). The van der Waals surface area contributed by atoms with E-state index in [0.717, 1.165) is 17.7 Å². The Morgan fingerprint density at radius 2 is 2.00 bits per heavy atom. The van der Waals surface area contributed by atoms with E-state index < -0.39 is 17.7 Å². The molecule has 0 radical (unpaired) electrons. The summed E-state index contributed by atoms with van der Waals surface area (Å²) >= 11 is 5.78. The van der Waals surface area contributed by atoms with Crippen LogP contribution < -0.4 is 10.9 Å². The molecule has 2 amide bonds. The summed E-state index contributed by atoms with van der Waals surface area (Å²) < 4.78 is 27.0. The van der Waals surface area contributed by atoms with Crippen LogP contribution in [0.1, 0.15) is 30.1 Å². The van der Waals surface area contributed by atoms with Gasteiger partial charge in [0.25, 0.3) is 5.56 Å². The van der Waals surface area contributed by atoms with Crippen molar-refractivity contribution in [3.8, 4) is 0 Å². The molecule has 2 N–H and O–H groups in total. The first-order chi connectivity index (χ1) is 13.8. The van der Waals surface area contributed by atoms with Crippen LogP contribution in [0.15, 0.2) is 41.2 Å². The highest BCUT2D eigenvalue weighted by atomic mass is 35.5. The highest BCUT2D eigenvalue weighted by Crippen LogP contribution is 2.37. The molecule has 1 atom stereocenters. The number of aromatic amines is 1. The van der Waals surface area contributed by atoms with Crippen molar-refractivity contribution in [1.82, 2.24) is 9.88 Å². The van der Waals surface area contributed by atoms with Gasteiger partial charge in [-0.05, 0) is 55.0 Å². The third kappa shape index (κ3) is 3.58. The molecule has 29 heavy (non-hydrogen) atoms. The number of fused-ring (bicyclic) bond motifs is 3. The molecular formula is C21H18ClF2N3O2. The lowest BCUT2D eigenvalue weighted by atomic mass is 9.87. The maximum atomic E-state index is 13.7. The first-order valence-electron chi connectivity index (χ1n) is 9.18. The van der Waals surface area contributed by atoms with Gasteiger partial charge in [0.2, 0.25) is 0 Å². The first kappa shape index (κ1) is 19.4. The molecule has 0 saturated heterocycles. The van der Waals surface area contributed by atoms with E-state index in [9.17, 15) is 18.4 Å². The SMILES string of the molecule is CN(C(=O)Nc1ccc(F)c(Cl)c1)C1CCCc2[nH]c(=O)c3cc(F)ccc3c21. The number of aryl methyl sites for hydroxylation is 1. The van der Waals surface area contributed by atoms with Crippen LogP contribution in [0.2, 0.25) is 5.02 Å². The molecule has 1 aromatic heterocycles. The van der Waals surface area contributed by atoms with E-state index in [1.54, 1.807) is 13.1 Å². The molecule has 1 aliphatic carbocycles. The zero-order valence-electron chi connectivity index (χ0n) is 15.6. The van der Waals surface area contributed by atoms with Gasteiger partial charge in [-0.15, -0.1) is 0 Å². The number of amides is 2. The molecule has 150 valence electrons. The number of aromatic nitrogens is 1. The van der Waals surface area contributed by atoms with Crippen molar-refractivity contribution in [2.24, 2.45) is 0 Å². The van der Waals surface area contributed by atoms with Crippen molar-refractivity contribution in [3.63, 3.8) is 0 Å². The fraction of sp³-hybridized carbons (Fsp3) is 0.238. The number of anilines is 1. The highest BCUT2D eigenvalue weighted by molar-refractivity contribution is 6.31. The Balaban J connectivity index is 1.70. The lowest BCUT2D eigenvalue weighted by molar-refractivity contribution is 0.197. The summed E-state index contributed by atoms with van der Waals surface area (Å²) in [7, 11) is 1.65. The van der Waals surface area contributed by atoms with E-state index in [0.29, 0.717) is 23.9 Å². The molecule has 1 heterocycles. The number of nitrogens with zero attached hydrogens (tertiary/aromatic N) is 1. The standard InChI is InChI=1S/C21H18ClF2N3O2/c1-27(21(29)25-12-6-8-16(24)15(22)10-12)18-4-2-3-17-19(18)13-7-5-11(23)9-14(13)20(28)26-17/h5-10,18H,2-4H2,1H3,(H,25,29)(H,26,28). The molecule has 0 fully saturated rings. The van der Waals surface area contributed by atoms with Gasteiger partial charge in [0.15, 0.2) is 0 Å². The van der Waals surface area contributed by atoms with Crippen LogP contribution in [-0.4, -0.2) is 23.0 Å². The van der Waals surface area contributed by atoms with Crippen LogP contribution in [-0.2, 0) is 6.42 Å². The average Bonchev–Trinajstić information content (AvgIpc) is 2.70. The largest absolute Gasteiger partial charge is 0.325 e. The van der Waals surface area contributed by atoms with Crippen LogP contribution in [0.5, 0.6) is 0 Å². The van der Waals surface area contributed by atoms with Gasteiger partial charge in [-0.3, -0.25) is 4.79 Å². The average molecular weight is 418 g/mol. The van der Waals surface area contributed by atoms with Crippen molar-refractivity contribution in [2.75, 3.05) is 12.4 Å². The Hall–Kier alpha value is -2.93. The lowest BCUT2D eigenvalue weighted by Gasteiger charge is -2.34. The van der Waals surface area contributed by atoms with Crippen molar-refractivity contribution in [3.05, 3.63) is 74.7 Å². The van der Waals surface area contributed by atoms with Crippen molar-refractivity contribution >= 4 is 34.1 Å². The molecule has 0 saturated carbocycles. The minimum atomic E-state index is -0.568. The quantitative estimate of drug-likeness (QED) is 0.616. The Labute approximate surface area is 170 Å². The first-order valence-corrected chi connectivity index (χ1v) is 9.56. The number of carbonyl (C=O) groups excluding carboxylic acids is 1. The van der Waals surface area contributed by atoms with E-state index >= 15 is 0 Å². The van der Waals surface area contributed by atoms with E-state index in [1.807, 2.05) is 0 Å². The summed E-state index contributed by atoms with van der Waals surface area (Å²) in [5.74, 6) is -1.06. The number of nitrogens with one attached hydrogen (secondary N) is 2. The van der Waals surface area contributed by atoms with Crippen molar-refractivity contribution in [2.45, 2.75) is 25.3 Å². The van der Waals surface area contributed by atoms with Crippen LogP contribution in [0.25, 0.3) is 10.8 Å². The lowest BCUT2D eigenvalue weighted by Crippen LogP contribution is -2.37. The van der Waals surface area contributed by atoms with Gasteiger partial charge in [-0.2, -0.15) is 0 Å². The molecule has 1 unspecified atom stereocenters. The number of halogens is 3. The third-order valence-corrected chi connectivity index (χ3v) is 5.59. The fourth-order valence-corrected chi connectivity index (χ4v) is 4.06. The Bertz CT molecular complexity index is 1180. The zero-order valence-corrected chi connectivity index (χ0v) is 16.3. The zero-order chi connectivity index (χ0) is 20.7. The number of urea groups is 1. The number of hydrogen-bond donors (Lipinski definition) is 2. The summed E-state index contributed by atoms with van der Waals surface area (Å²) in [6, 6.07) is 7.36. The van der Waals surface area contributed by atoms with Gasteiger partial charge in [-0.25, -0.2) is 13.6 Å². The molecule has 1 aliphatic rings. The molecule has 2 aromatic carbocycles. The second-order valence-electron chi connectivity index (χ2n) is 7.11. The molecule has 3 aromatic rings. The number of rotatable bonds is 2. The second kappa shape index (κ2) is 7.48. The van der Waals surface area contributed by atoms with Gasteiger partial charge in [0.1, 0.15) is 11.6 Å². The fourth-order valence-electron chi connectivity index (χ4n) is 3.88. The number of pyridine rings is 1. The van der Waals surface area contributed by atoms with E-state index in [2.05, 4.69) is 10.3 Å². The van der Waals surface area contributed by atoms with Crippen LogP contribution in [0.4, 0.5) is 19.3 Å². The normalized spacial score (nSPS) is 15.8. The van der Waals surface area contributed by atoms with E-state index in [-0.39, 0.29) is 22.0 Å². The Morgan fingerprint density at radius 1 is 1.21 bits per heavy atom. The molecule has 0 bridgehead atoms. The summed E-state index contributed by atoms with van der Waals surface area (Å²) in [5, 5.41) is 3.52. The van der Waals surface area contributed by atoms with Gasteiger partial charge in [0, 0.05) is 24.0 Å². The number of H-pyrrole nitrogens is 1. The summed E-state index contributed by atoms with van der Waals surface area (Å²) in [6.45, 7) is 0. The van der Waals surface area contributed by atoms with Crippen LogP contribution in [0.3, 0.4) is 0 Å². The second-order valence-corrected chi connectivity index (χ2v) is 7.52. The number of carbonyl (C=O) groups is 1. The molecule has 8 heteroatoms. The number of hydrogen-bond acceptors (Lipinski definition) is 2. The predicted octanol–water partition coefficient (Wildman–Crippen LogP) is 5.00. The Kier molecular flexibility index (Phi) is 5.00. The van der Waals surface area contributed by atoms with Crippen molar-refractivity contribution < 1.29 is 13.6 Å². The maximum Gasteiger partial charge on any atom is 0.322 e. The molecule has 0 spiro atoms. The number of benzene rings is 2. The molecular weight excluding hydrogens is 400 g/mol. The van der Waals surface area contributed by atoms with E-state index in [1.165, 1.54) is 35.2 Å². The molecule has 0 aliphatic heterocycles. The molecule has 5 nitrogen and oxygen atoms in total.